The fraction of sp³-hybridized carbons (Fsp3) is 0.438. The average molecular weight is 394 g/mol. The summed E-state index contributed by atoms with van der Waals surface area (Å²) in [4.78, 5) is 14.8. The lowest BCUT2D eigenvalue weighted by atomic mass is 10.0. The van der Waals surface area contributed by atoms with Gasteiger partial charge in [-0.1, -0.05) is 11.6 Å². The zero-order valence-electron chi connectivity index (χ0n) is 17.0. The quantitative estimate of drug-likeness (QED) is 0.716. The lowest BCUT2D eigenvalue weighted by Gasteiger charge is -2.18. The SMILES string of the molecule is [2H]C([2H])(COc1ccn(-c2ccc(C(=O)O)c(Cl)n2)n1)C([2H])([2H])C1(C(F)(F)F)CC1. The minimum absolute atomic E-state index is 0.118. The van der Waals surface area contributed by atoms with Crippen molar-refractivity contribution in [2.45, 2.75) is 31.8 Å². The molecule has 6 nitrogen and oxygen atoms in total. The largest absolute Gasteiger partial charge is 0.478 e. The van der Waals surface area contributed by atoms with E-state index >= 15 is 0 Å². The van der Waals surface area contributed by atoms with Crippen LogP contribution in [0.2, 0.25) is 5.15 Å². The van der Waals surface area contributed by atoms with Crippen molar-refractivity contribution >= 4 is 17.6 Å². The maximum atomic E-state index is 13.3. The summed E-state index contributed by atoms with van der Waals surface area (Å²) < 4.78 is 77.4. The van der Waals surface area contributed by atoms with Gasteiger partial charge in [-0.3, -0.25) is 0 Å². The molecule has 0 atom stereocenters. The molecule has 1 N–H and O–H groups in total. The Morgan fingerprint density at radius 2 is 2.15 bits per heavy atom. The fourth-order valence-corrected chi connectivity index (χ4v) is 2.37. The van der Waals surface area contributed by atoms with Crippen LogP contribution in [0, 0.1) is 5.41 Å². The maximum Gasteiger partial charge on any atom is 0.394 e. The lowest BCUT2D eigenvalue weighted by molar-refractivity contribution is -0.189. The highest BCUT2D eigenvalue weighted by Crippen LogP contribution is 2.60. The molecular formula is C16H15ClF3N3O3. The number of aromatic nitrogens is 3. The molecule has 0 aromatic carbocycles. The van der Waals surface area contributed by atoms with Crippen LogP contribution >= 0.6 is 11.6 Å². The number of alkyl halides is 3. The third-order valence-corrected chi connectivity index (χ3v) is 4.06. The first kappa shape index (κ1) is 13.9. The molecule has 0 unspecified atom stereocenters. The predicted molar refractivity (Wildman–Crippen MR) is 85.8 cm³/mol. The first-order valence-corrected chi connectivity index (χ1v) is 7.75. The Bertz CT molecular complexity index is 980. The summed E-state index contributed by atoms with van der Waals surface area (Å²) in [6.07, 6.45) is -10.7. The number of nitrogens with zero attached hydrogens (tertiary/aromatic N) is 3. The molecule has 0 radical (unpaired) electrons. The number of aromatic carboxylic acids is 1. The Kier molecular flexibility index (Phi) is 3.62. The van der Waals surface area contributed by atoms with Crippen LogP contribution in [0.1, 0.15) is 41.4 Å². The number of hydrogen-bond donors (Lipinski definition) is 1. The van der Waals surface area contributed by atoms with Crippen LogP contribution < -0.4 is 4.74 Å². The van der Waals surface area contributed by atoms with E-state index < -0.39 is 49.8 Å². The lowest BCUT2D eigenvalue weighted by Crippen LogP contribution is -2.24. The van der Waals surface area contributed by atoms with Gasteiger partial charge in [0.2, 0.25) is 5.88 Å². The third-order valence-electron chi connectivity index (χ3n) is 3.78. The van der Waals surface area contributed by atoms with Gasteiger partial charge in [0.05, 0.1) is 17.6 Å². The molecule has 0 aliphatic heterocycles. The fourth-order valence-electron chi connectivity index (χ4n) is 2.14. The Hall–Kier alpha value is -2.29. The van der Waals surface area contributed by atoms with Crippen molar-refractivity contribution in [1.82, 2.24) is 14.8 Å². The van der Waals surface area contributed by atoms with Crippen molar-refractivity contribution in [1.29, 1.82) is 0 Å². The summed E-state index contributed by atoms with van der Waals surface area (Å²) in [5.74, 6) is -1.34. The number of hydrogen-bond acceptors (Lipinski definition) is 4. The van der Waals surface area contributed by atoms with Crippen molar-refractivity contribution in [3.8, 4) is 11.7 Å². The Labute approximate surface area is 157 Å². The van der Waals surface area contributed by atoms with E-state index in [1.165, 1.54) is 24.4 Å². The minimum Gasteiger partial charge on any atom is -0.478 e. The summed E-state index contributed by atoms with van der Waals surface area (Å²) >= 11 is 5.79. The summed E-state index contributed by atoms with van der Waals surface area (Å²) in [6.45, 7) is -0.999. The number of halogens is 4. The first-order chi connectivity index (χ1) is 13.7. The van der Waals surface area contributed by atoms with Gasteiger partial charge in [0.15, 0.2) is 5.82 Å². The van der Waals surface area contributed by atoms with Crippen molar-refractivity contribution in [3.05, 3.63) is 35.1 Å². The summed E-state index contributed by atoms with van der Waals surface area (Å²) in [6, 6.07) is 3.78. The van der Waals surface area contributed by atoms with Gasteiger partial charge in [-0.15, -0.1) is 5.10 Å². The topological polar surface area (TPSA) is 77.2 Å². The van der Waals surface area contributed by atoms with Crippen LogP contribution in [-0.2, 0) is 0 Å². The summed E-state index contributed by atoms with van der Waals surface area (Å²) in [5, 5.41) is 12.6. The molecule has 2 heterocycles. The second-order valence-corrected chi connectivity index (χ2v) is 5.94. The predicted octanol–water partition coefficient (Wildman–Crippen LogP) is 4.12. The molecule has 3 rings (SSSR count). The van der Waals surface area contributed by atoms with Crippen LogP contribution in [0.15, 0.2) is 24.4 Å². The molecule has 2 aromatic heterocycles. The van der Waals surface area contributed by atoms with Crippen molar-refractivity contribution in [2.75, 3.05) is 6.61 Å². The second-order valence-electron chi connectivity index (χ2n) is 5.58. The number of carboxylic acids is 1. The molecule has 1 saturated carbocycles. The van der Waals surface area contributed by atoms with Crippen LogP contribution in [0.5, 0.6) is 5.88 Å². The molecule has 0 amide bonds. The number of pyridine rings is 1. The van der Waals surface area contributed by atoms with Crippen LogP contribution in [-0.4, -0.2) is 38.6 Å². The molecule has 0 bridgehead atoms. The van der Waals surface area contributed by atoms with Gasteiger partial charge in [-0.25, -0.2) is 14.5 Å². The van der Waals surface area contributed by atoms with E-state index in [0.717, 1.165) is 4.68 Å². The molecule has 0 spiro atoms. The van der Waals surface area contributed by atoms with Gasteiger partial charge in [-0.2, -0.15) is 13.2 Å². The van der Waals surface area contributed by atoms with Crippen molar-refractivity contribution < 1.29 is 33.3 Å². The first-order valence-electron chi connectivity index (χ1n) is 9.37. The molecule has 1 aliphatic rings. The van der Waals surface area contributed by atoms with Crippen LogP contribution in [0.25, 0.3) is 5.82 Å². The second kappa shape index (κ2) is 6.79. The zero-order valence-corrected chi connectivity index (χ0v) is 13.8. The van der Waals surface area contributed by atoms with E-state index in [1.54, 1.807) is 0 Å². The van der Waals surface area contributed by atoms with Crippen LogP contribution in [0.3, 0.4) is 0 Å². The molecule has 2 aromatic rings. The number of rotatable bonds is 7. The van der Waals surface area contributed by atoms with E-state index in [-0.39, 0.29) is 22.4 Å². The highest BCUT2D eigenvalue weighted by Gasteiger charge is 2.62. The molecule has 140 valence electrons. The van der Waals surface area contributed by atoms with Gasteiger partial charge in [0.25, 0.3) is 0 Å². The van der Waals surface area contributed by atoms with Gasteiger partial charge < -0.3 is 9.84 Å². The van der Waals surface area contributed by atoms with Gasteiger partial charge in [-0.05, 0) is 37.7 Å². The zero-order chi connectivity index (χ0) is 22.5. The van der Waals surface area contributed by atoms with Crippen molar-refractivity contribution in [3.63, 3.8) is 0 Å². The van der Waals surface area contributed by atoms with Gasteiger partial charge >= 0.3 is 12.1 Å². The van der Waals surface area contributed by atoms with E-state index in [4.69, 9.17) is 26.9 Å². The Balaban J connectivity index is 1.74. The third kappa shape index (κ3) is 3.77. The van der Waals surface area contributed by atoms with Crippen molar-refractivity contribution in [2.24, 2.45) is 5.41 Å². The molecule has 1 fully saturated rings. The highest BCUT2D eigenvalue weighted by molar-refractivity contribution is 6.32. The summed E-state index contributed by atoms with van der Waals surface area (Å²) in [5.41, 5.74) is -2.96. The molecule has 26 heavy (non-hydrogen) atoms. The standard InChI is InChI=1S/C16H15ClF3N3O3/c17-13-10(14(24)25)2-3-11(21-13)23-8-4-12(22-23)26-9-1-5-15(6-7-15)16(18,19)20/h2-4,8H,1,5-7,9H2,(H,24,25)/i1D2,5D2. The minimum atomic E-state index is -4.88. The average Bonchev–Trinajstić information content (AvgIpc) is 3.33. The number of ether oxygens (including phenoxy) is 1. The highest BCUT2D eigenvalue weighted by atomic mass is 35.5. The Morgan fingerprint density at radius 1 is 1.42 bits per heavy atom. The van der Waals surface area contributed by atoms with E-state index in [9.17, 15) is 18.0 Å². The molecule has 0 saturated heterocycles. The maximum absolute atomic E-state index is 13.3. The van der Waals surface area contributed by atoms with E-state index in [1.807, 2.05) is 0 Å². The monoisotopic (exact) mass is 393 g/mol. The van der Waals surface area contributed by atoms with E-state index in [2.05, 4.69) is 10.1 Å². The molecular weight excluding hydrogens is 375 g/mol. The molecule has 10 heteroatoms. The Morgan fingerprint density at radius 3 is 2.73 bits per heavy atom. The van der Waals surface area contributed by atoms with Crippen LogP contribution in [0.4, 0.5) is 13.2 Å². The normalized spacial score (nSPS) is 19.1. The molecule has 1 aliphatic carbocycles. The number of carbonyl (C=O) groups is 1. The van der Waals surface area contributed by atoms with Gasteiger partial charge in [0, 0.05) is 17.7 Å². The summed E-state index contributed by atoms with van der Waals surface area (Å²) in [7, 11) is 0. The number of carboxylic acid groups (broad SMARTS) is 1. The van der Waals surface area contributed by atoms with Gasteiger partial charge in [0.1, 0.15) is 5.15 Å². The smallest absolute Gasteiger partial charge is 0.394 e. The van der Waals surface area contributed by atoms with E-state index in [0.29, 0.717) is 0 Å².